The van der Waals surface area contributed by atoms with Gasteiger partial charge in [-0.25, -0.2) is 4.79 Å². The van der Waals surface area contributed by atoms with Crippen LogP contribution in [0.15, 0.2) is 24.3 Å². The highest BCUT2D eigenvalue weighted by Crippen LogP contribution is 2.31. The summed E-state index contributed by atoms with van der Waals surface area (Å²) in [5.41, 5.74) is -0.929. The van der Waals surface area contributed by atoms with Gasteiger partial charge in [0.15, 0.2) is 0 Å². The largest absolute Gasteiger partial charge is 0.508 e. The number of hydrogen-bond acceptors (Lipinski definition) is 6. The summed E-state index contributed by atoms with van der Waals surface area (Å²) in [6, 6.07) is 4.66. The Morgan fingerprint density at radius 1 is 1.00 bits per heavy atom. The molecule has 0 spiro atoms. The highest BCUT2D eigenvalue weighted by atomic mass is 32.2. The number of hydrogen-bond donors (Lipinski definition) is 3. The SMILES string of the molecule is CCCCCCCCN(C(=O)C(CCSC)NC(=O)OC(C)(C)C)C(C(=O)NC(C)(C)C)c1ccccc1O. The summed E-state index contributed by atoms with van der Waals surface area (Å²) in [5, 5.41) is 16.5. The molecule has 0 aliphatic heterocycles. The normalized spacial score (nSPS) is 13.3. The number of nitrogens with zero attached hydrogens (tertiary/aromatic N) is 1. The molecule has 3 amide bonds. The topological polar surface area (TPSA) is 108 Å². The minimum atomic E-state index is -1.06. The van der Waals surface area contributed by atoms with Crippen molar-refractivity contribution < 1.29 is 24.2 Å². The lowest BCUT2D eigenvalue weighted by molar-refractivity contribution is -0.143. The molecule has 39 heavy (non-hydrogen) atoms. The zero-order chi connectivity index (χ0) is 29.6. The molecule has 2 unspecified atom stereocenters. The number of amides is 3. The Hall–Kier alpha value is -2.42. The van der Waals surface area contributed by atoms with E-state index in [-0.39, 0.29) is 17.6 Å². The number of unbranched alkanes of at least 4 members (excludes halogenated alkanes) is 5. The maximum atomic E-state index is 14.2. The van der Waals surface area contributed by atoms with Crippen LogP contribution in [0, 0.1) is 0 Å². The van der Waals surface area contributed by atoms with Gasteiger partial charge in [-0.15, -0.1) is 0 Å². The molecule has 1 aromatic rings. The van der Waals surface area contributed by atoms with Crippen molar-refractivity contribution in [1.29, 1.82) is 0 Å². The van der Waals surface area contributed by atoms with E-state index < -0.39 is 29.3 Å². The fourth-order valence-corrected chi connectivity index (χ4v) is 4.65. The minimum absolute atomic E-state index is 0.0620. The Balaban J connectivity index is 3.46. The minimum Gasteiger partial charge on any atom is -0.508 e. The van der Waals surface area contributed by atoms with Crippen molar-refractivity contribution >= 4 is 29.7 Å². The second kappa shape index (κ2) is 16.6. The lowest BCUT2D eigenvalue weighted by Gasteiger charge is -2.36. The molecule has 8 nitrogen and oxygen atoms in total. The van der Waals surface area contributed by atoms with Crippen LogP contribution in [0.1, 0.15) is 105 Å². The summed E-state index contributed by atoms with van der Waals surface area (Å²) in [6.45, 7) is 13.4. The van der Waals surface area contributed by atoms with Crippen LogP contribution in [0.25, 0.3) is 0 Å². The van der Waals surface area contributed by atoms with E-state index in [2.05, 4.69) is 17.6 Å². The van der Waals surface area contributed by atoms with Gasteiger partial charge in [-0.1, -0.05) is 57.2 Å². The van der Waals surface area contributed by atoms with Gasteiger partial charge in [0, 0.05) is 17.6 Å². The molecule has 1 rings (SSSR count). The fourth-order valence-electron chi connectivity index (χ4n) is 4.18. The zero-order valence-electron chi connectivity index (χ0n) is 25.3. The highest BCUT2D eigenvalue weighted by molar-refractivity contribution is 7.98. The molecule has 0 radical (unpaired) electrons. The molecule has 9 heteroatoms. The molecule has 0 aliphatic rings. The number of alkyl carbamates (subject to hydrolysis) is 1. The summed E-state index contributed by atoms with van der Waals surface area (Å²) in [4.78, 5) is 42.2. The molecular formula is C30H51N3O5S. The molecule has 3 N–H and O–H groups in total. The van der Waals surface area contributed by atoms with Gasteiger partial charge in [-0.05, 0) is 72.5 Å². The number of phenols is 1. The van der Waals surface area contributed by atoms with Crippen LogP contribution in [0.5, 0.6) is 5.75 Å². The van der Waals surface area contributed by atoms with Gasteiger partial charge in [-0.2, -0.15) is 11.8 Å². The van der Waals surface area contributed by atoms with Crippen molar-refractivity contribution in [3.05, 3.63) is 29.8 Å². The van der Waals surface area contributed by atoms with E-state index in [1.807, 2.05) is 27.0 Å². The average Bonchev–Trinajstić information content (AvgIpc) is 2.81. The van der Waals surface area contributed by atoms with E-state index in [4.69, 9.17) is 4.74 Å². The number of rotatable bonds is 15. The Kier molecular flexibility index (Phi) is 14.8. The van der Waals surface area contributed by atoms with Crippen molar-refractivity contribution in [3.8, 4) is 5.75 Å². The predicted molar refractivity (Wildman–Crippen MR) is 160 cm³/mol. The van der Waals surface area contributed by atoms with E-state index in [1.54, 1.807) is 50.7 Å². The number of para-hydroxylation sites is 1. The van der Waals surface area contributed by atoms with Gasteiger partial charge in [-0.3, -0.25) is 9.59 Å². The maximum Gasteiger partial charge on any atom is 0.408 e. The van der Waals surface area contributed by atoms with Gasteiger partial charge in [0.05, 0.1) is 0 Å². The number of phenolic OH excluding ortho intramolecular Hbond substituents is 1. The number of aromatic hydroxyl groups is 1. The van der Waals surface area contributed by atoms with E-state index in [9.17, 15) is 19.5 Å². The van der Waals surface area contributed by atoms with Gasteiger partial charge in [0.25, 0.3) is 0 Å². The molecular weight excluding hydrogens is 514 g/mol. The van der Waals surface area contributed by atoms with Crippen molar-refractivity contribution in [2.75, 3.05) is 18.6 Å². The second-order valence-electron chi connectivity index (χ2n) is 12.0. The number of thioether (sulfide) groups is 1. The van der Waals surface area contributed by atoms with Gasteiger partial charge >= 0.3 is 6.09 Å². The monoisotopic (exact) mass is 565 g/mol. The standard InChI is InChI=1S/C30H51N3O5S/c1-9-10-11-12-13-16-20-33(27(36)23(19-21-39-8)31-28(37)38-30(5,6)7)25(26(35)32-29(2,3)4)22-17-14-15-18-24(22)34/h14-15,17-18,23,25,34H,9-13,16,19-21H2,1-8H3,(H,31,37)(H,32,35). The molecule has 1 aromatic carbocycles. The van der Waals surface area contributed by atoms with Crippen molar-refractivity contribution in [2.24, 2.45) is 0 Å². The molecule has 0 bridgehead atoms. The number of nitrogens with one attached hydrogen (secondary N) is 2. The summed E-state index contributed by atoms with van der Waals surface area (Å²) >= 11 is 1.57. The maximum absolute atomic E-state index is 14.2. The summed E-state index contributed by atoms with van der Waals surface area (Å²) in [5.74, 6) is -0.190. The predicted octanol–water partition coefficient (Wildman–Crippen LogP) is 6.18. The average molecular weight is 566 g/mol. The Morgan fingerprint density at radius 3 is 2.18 bits per heavy atom. The van der Waals surface area contributed by atoms with Crippen LogP contribution < -0.4 is 10.6 Å². The zero-order valence-corrected chi connectivity index (χ0v) is 26.1. The molecule has 0 saturated heterocycles. The van der Waals surface area contributed by atoms with Crippen molar-refractivity contribution in [1.82, 2.24) is 15.5 Å². The molecule has 0 fully saturated rings. The first-order valence-electron chi connectivity index (χ1n) is 14.1. The summed E-state index contributed by atoms with van der Waals surface area (Å²) in [6.07, 6.45) is 7.70. The lowest BCUT2D eigenvalue weighted by Crippen LogP contribution is -2.55. The summed E-state index contributed by atoms with van der Waals surface area (Å²) < 4.78 is 5.44. The third-order valence-corrected chi connectivity index (χ3v) is 6.57. The van der Waals surface area contributed by atoms with Crippen molar-refractivity contribution in [2.45, 2.75) is 117 Å². The Labute approximate surface area is 240 Å². The highest BCUT2D eigenvalue weighted by Gasteiger charge is 2.38. The first kappa shape index (κ1) is 34.6. The first-order chi connectivity index (χ1) is 18.2. The Bertz CT molecular complexity index is 911. The summed E-state index contributed by atoms with van der Waals surface area (Å²) in [7, 11) is 0. The number of ether oxygens (including phenoxy) is 1. The van der Waals surface area contributed by atoms with E-state index in [0.29, 0.717) is 30.7 Å². The molecule has 0 heterocycles. The fraction of sp³-hybridized carbons (Fsp3) is 0.700. The number of carbonyl (C=O) groups excluding carboxylic acids is 3. The molecule has 2 atom stereocenters. The Morgan fingerprint density at radius 2 is 1.62 bits per heavy atom. The van der Waals surface area contributed by atoms with E-state index >= 15 is 0 Å². The lowest BCUT2D eigenvalue weighted by atomic mass is 9.99. The van der Waals surface area contributed by atoms with E-state index in [0.717, 1.165) is 32.1 Å². The van der Waals surface area contributed by atoms with Crippen LogP contribution in [0.3, 0.4) is 0 Å². The van der Waals surface area contributed by atoms with Gasteiger partial charge in [0.2, 0.25) is 11.8 Å². The smallest absolute Gasteiger partial charge is 0.408 e. The molecule has 0 aliphatic carbocycles. The molecule has 0 saturated carbocycles. The number of carbonyl (C=O) groups is 3. The quantitative estimate of drug-likeness (QED) is 0.219. The van der Waals surface area contributed by atoms with Crippen LogP contribution in [0.4, 0.5) is 4.79 Å². The van der Waals surface area contributed by atoms with Gasteiger partial charge < -0.3 is 25.4 Å². The van der Waals surface area contributed by atoms with E-state index in [1.165, 1.54) is 11.0 Å². The van der Waals surface area contributed by atoms with Crippen LogP contribution >= 0.6 is 11.8 Å². The second-order valence-corrected chi connectivity index (χ2v) is 13.0. The van der Waals surface area contributed by atoms with Crippen LogP contribution in [0.2, 0.25) is 0 Å². The van der Waals surface area contributed by atoms with Crippen LogP contribution in [-0.4, -0.2) is 63.6 Å². The third-order valence-electron chi connectivity index (χ3n) is 5.92. The van der Waals surface area contributed by atoms with Crippen LogP contribution in [-0.2, 0) is 14.3 Å². The molecule has 222 valence electrons. The van der Waals surface area contributed by atoms with Crippen molar-refractivity contribution in [3.63, 3.8) is 0 Å². The van der Waals surface area contributed by atoms with Gasteiger partial charge in [0.1, 0.15) is 23.4 Å². The first-order valence-corrected chi connectivity index (χ1v) is 15.5. The molecule has 0 aromatic heterocycles. The number of benzene rings is 1. The third kappa shape index (κ3) is 13.5.